The van der Waals surface area contributed by atoms with Crippen molar-refractivity contribution in [2.24, 2.45) is 0 Å². The highest BCUT2D eigenvalue weighted by Crippen LogP contribution is 2.25. The summed E-state index contributed by atoms with van der Waals surface area (Å²) in [7, 11) is 1.66. The Morgan fingerprint density at radius 2 is 1.88 bits per heavy atom. The van der Waals surface area contributed by atoms with Gasteiger partial charge in [0.1, 0.15) is 5.75 Å². The summed E-state index contributed by atoms with van der Waals surface area (Å²) in [6, 6.07) is 7.81. The Morgan fingerprint density at radius 3 is 2.38 bits per heavy atom. The monoisotopic (exact) mass is 234 g/mol. The molecule has 2 rings (SSSR count). The smallest absolute Gasteiger partial charge is 0.187 e. The second-order valence-electron chi connectivity index (χ2n) is 3.51. The lowest BCUT2D eigenvalue weighted by atomic mass is 10.3. The number of hydrogen-bond donors (Lipinski definition) is 1. The highest BCUT2D eigenvalue weighted by molar-refractivity contribution is 7.15. The Balaban J connectivity index is 2.14. The molecule has 1 aromatic heterocycles. The number of nitrogens with zero attached hydrogens (tertiary/aromatic N) is 1. The molecule has 0 radical (unpaired) electrons. The van der Waals surface area contributed by atoms with Crippen LogP contribution in [-0.2, 0) is 0 Å². The van der Waals surface area contributed by atoms with Gasteiger partial charge in [0.05, 0.1) is 12.8 Å². The Kier molecular flexibility index (Phi) is 3.10. The van der Waals surface area contributed by atoms with E-state index in [-0.39, 0.29) is 0 Å². The number of hydrogen-bond acceptors (Lipinski definition) is 4. The molecule has 0 amide bonds. The SMILES string of the molecule is COc1ccc(Nc2nc(C)c(C)s2)cc1. The molecule has 0 atom stereocenters. The number of aryl methyl sites for hydroxylation is 2. The highest BCUT2D eigenvalue weighted by atomic mass is 32.1. The lowest BCUT2D eigenvalue weighted by Crippen LogP contribution is -1.89. The van der Waals surface area contributed by atoms with E-state index in [0.717, 1.165) is 22.3 Å². The minimum Gasteiger partial charge on any atom is -0.497 e. The fraction of sp³-hybridized carbons (Fsp3) is 0.250. The standard InChI is InChI=1S/C12H14N2OS/c1-8-9(2)16-12(13-8)14-10-4-6-11(15-3)7-5-10/h4-7H,1-3H3,(H,13,14). The molecular weight excluding hydrogens is 220 g/mol. The fourth-order valence-electron chi connectivity index (χ4n) is 1.32. The zero-order valence-electron chi connectivity index (χ0n) is 9.57. The average Bonchev–Trinajstić information content (AvgIpc) is 2.59. The second-order valence-corrected chi connectivity index (χ2v) is 4.72. The van der Waals surface area contributed by atoms with E-state index >= 15 is 0 Å². The molecule has 0 saturated carbocycles. The molecule has 0 aliphatic carbocycles. The maximum atomic E-state index is 5.10. The summed E-state index contributed by atoms with van der Waals surface area (Å²) in [6.07, 6.45) is 0. The van der Waals surface area contributed by atoms with E-state index in [1.54, 1.807) is 18.4 Å². The molecule has 3 nitrogen and oxygen atoms in total. The number of ether oxygens (including phenoxy) is 1. The molecule has 1 N–H and O–H groups in total. The summed E-state index contributed by atoms with van der Waals surface area (Å²) < 4.78 is 5.10. The molecule has 1 heterocycles. The summed E-state index contributed by atoms with van der Waals surface area (Å²) in [6.45, 7) is 4.09. The van der Waals surface area contributed by atoms with E-state index in [2.05, 4.69) is 17.2 Å². The normalized spacial score (nSPS) is 10.2. The molecular formula is C12H14N2OS. The van der Waals surface area contributed by atoms with Crippen molar-refractivity contribution in [1.29, 1.82) is 0 Å². The summed E-state index contributed by atoms with van der Waals surface area (Å²) in [5.41, 5.74) is 2.11. The van der Waals surface area contributed by atoms with Crippen LogP contribution in [-0.4, -0.2) is 12.1 Å². The van der Waals surface area contributed by atoms with Gasteiger partial charge in [-0.2, -0.15) is 0 Å². The first-order valence-corrected chi connectivity index (χ1v) is 5.86. The van der Waals surface area contributed by atoms with Crippen LogP contribution in [0.15, 0.2) is 24.3 Å². The molecule has 0 aliphatic rings. The summed E-state index contributed by atoms with van der Waals surface area (Å²) in [5.74, 6) is 0.858. The van der Waals surface area contributed by atoms with Crippen molar-refractivity contribution in [3.8, 4) is 5.75 Å². The first kappa shape index (κ1) is 11.0. The Morgan fingerprint density at radius 1 is 1.19 bits per heavy atom. The third-order valence-electron chi connectivity index (χ3n) is 2.37. The molecule has 0 saturated heterocycles. The van der Waals surface area contributed by atoms with E-state index < -0.39 is 0 Å². The number of aromatic nitrogens is 1. The van der Waals surface area contributed by atoms with Crippen LogP contribution in [0.1, 0.15) is 10.6 Å². The Bertz CT molecular complexity index is 457. The van der Waals surface area contributed by atoms with Crippen molar-refractivity contribution in [3.63, 3.8) is 0 Å². The molecule has 84 valence electrons. The van der Waals surface area contributed by atoms with Crippen LogP contribution < -0.4 is 10.1 Å². The third kappa shape index (κ3) is 2.33. The van der Waals surface area contributed by atoms with Crippen molar-refractivity contribution in [1.82, 2.24) is 4.98 Å². The molecule has 0 spiro atoms. The van der Waals surface area contributed by atoms with E-state index in [4.69, 9.17) is 4.74 Å². The van der Waals surface area contributed by atoms with Gasteiger partial charge in [0.2, 0.25) is 0 Å². The maximum Gasteiger partial charge on any atom is 0.187 e. The van der Waals surface area contributed by atoms with Gasteiger partial charge in [-0.3, -0.25) is 0 Å². The summed E-state index contributed by atoms with van der Waals surface area (Å²) in [4.78, 5) is 5.67. The van der Waals surface area contributed by atoms with Gasteiger partial charge in [0.15, 0.2) is 5.13 Å². The average molecular weight is 234 g/mol. The van der Waals surface area contributed by atoms with Crippen LogP contribution in [0.5, 0.6) is 5.75 Å². The molecule has 0 bridgehead atoms. The molecule has 2 aromatic rings. The van der Waals surface area contributed by atoms with Crippen LogP contribution in [0, 0.1) is 13.8 Å². The second kappa shape index (κ2) is 4.53. The molecule has 0 fully saturated rings. The van der Waals surface area contributed by atoms with Crippen LogP contribution in [0.2, 0.25) is 0 Å². The van der Waals surface area contributed by atoms with Gasteiger partial charge in [0, 0.05) is 10.6 Å². The Labute approximate surface area is 99.1 Å². The molecule has 4 heteroatoms. The number of thiazole rings is 1. The van der Waals surface area contributed by atoms with Gasteiger partial charge in [0.25, 0.3) is 0 Å². The van der Waals surface area contributed by atoms with Crippen LogP contribution in [0.4, 0.5) is 10.8 Å². The zero-order chi connectivity index (χ0) is 11.5. The molecule has 1 aromatic carbocycles. The number of rotatable bonds is 3. The molecule has 0 aliphatic heterocycles. The van der Waals surface area contributed by atoms with Gasteiger partial charge in [-0.1, -0.05) is 0 Å². The summed E-state index contributed by atoms with van der Waals surface area (Å²) >= 11 is 1.67. The van der Waals surface area contributed by atoms with Crippen molar-refractivity contribution in [3.05, 3.63) is 34.8 Å². The van der Waals surface area contributed by atoms with Gasteiger partial charge in [-0.05, 0) is 38.1 Å². The minimum atomic E-state index is 0.858. The van der Waals surface area contributed by atoms with Gasteiger partial charge in [-0.15, -0.1) is 11.3 Å². The van der Waals surface area contributed by atoms with Gasteiger partial charge < -0.3 is 10.1 Å². The van der Waals surface area contributed by atoms with Crippen LogP contribution in [0.25, 0.3) is 0 Å². The number of anilines is 2. The largest absolute Gasteiger partial charge is 0.497 e. The third-order valence-corrected chi connectivity index (χ3v) is 3.36. The van der Waals surface area contributed by atoms with E-state index in [9.17, 15) is 0 Å². The van der Waals surface area contributed by atoms with Crippen molar-refractivity contribution in [2.75, 3.05) is 12.4 Å². The van der Waals surface area contributed by atoms with E-state index in [1.807, 2.05) is 31.2 Å². The molecule has 16 heavy (non-hydrogen) atoms. The minimum absolute atomic E-state index is 0.858. The van der Waals surface area contributed by atoms with Crippen molar-refractivity contribution >= 4 is 22.2 Å². The Hall–Kier alpha value is -1.55. The van der Waals surface area contributed by atoms with Crippen LogP contribution >= 0.6 is 11.3 Å². The van der Waals surface area contributed by atoms with Gasteiger partial charge in [-0.25, -0.2) is 4.98 Å². The molecule has 0 unspecified atom stereocenters. The number of benzene rings is 1. The van der Waals surface area contributed by atoms with Crippen LogP contribution in [0.3, 0.4) is 0 Å². The lowest BCUT2D eigenvalue weighted by Gasteiger charge is -2.03. The number of methoxy groups -OCH3 is 1. The maximum absolute atomic E-state index is 5.10. The predicted octanol–water partition coefficient (Wildman–Crippen LogP) is 3.51. The van der Waals surface area contributed by atoms with Crippen molar-refractivity contribution in [2.45, 2.75) is 13.8 Å². The topological polar surface area (TPSA) is 34.1 Å². The quantitative estimate of drug-likeness (QED) is 0.882. The first-order valence-electron chi connectivity index (χ1n) is 5.04. The summed E-state index contributed by atoms with van der Waals surface area (Å²) in [5, 5.41) is 4.20. The van der Waals surface area contributed by atoms with E-state index in [0.29, 0.717) is 0 Å². The van der Waals surface area contributed by atoms with Gasteiger partial charge >= 0.3 is 0 Å². The highest BCUT2D eigenvalue weighted by Gasteiger charge is 2.03. The first-order chi connectivity index (χ1) is 7.69. The fourth-order valence-corrected chi connectivity index (χ4v) is 2.16. The lowest BCUT2D eigenvalue weighted by molar-refractivity contribution is 0.415. The van der Waals surface area contributed by atoms with E-state index in [1.165, 1.54) is 4.88 Å². The van der Waals surface area contributed by atoms with Crippen molar-refractivity contribution < 1.29 is 4.74 Å². The predicted molar refractivity (Wildman–Crippen MR) is 67.9 cm³/mol. The zero-order valence-corrected chi connectivity index (χ0v) is 10.4. The number of nitrogens with one attached hydrogen (secondary N) is 1.